The van der Waals surface area contributed by atoms with Crippen LogP contribution in [0, 0.1) is 0 Å². The minimum Gasteiger partial charge on any atom is -0.382 e. The van der Waals surface area contributed by atoms with Crippen LogP contribution in [-0.2, 0) is 0 Å². The lowest BCUT2D eigenvalue weighted by atomic mass is 10.0. The van der Waals surface area contributed by atoms with Crippen LogP contribution in [0.5, 0.6) is 0 Å². The fourth-order valence-corrected chi connectivity index (χ4v) is 2.87. The second kappa shape index (κ2) is 5.15. The van der Waals surface area contributed by atoms with Gasteiger partial charge in [-0.3, -0.25) is 4.90 Å². The van der Waals surface area contributed by atoms with Gasteiger partial charge in [-0.25, -0.2) is 18.8 Å². The number of nitrogens with one attached hydrogen (secondary N) is 2. The fraction of sp³-hybridized carbons (Fsp3) is 0.615. The molecule has 126 valence electrons. The molecule has 2 aliphatic rings. The third-order valence-corrected chi connectivity index (χ3v) is 4.21. The Hall–Kier alpha value is -2.23. The average Bonchev–Trinajstić information content (AvgIpc) is 2.48. The molecule has 3 rings (SSSR count). The van der Waals surface area contributed by atoms with E-state index in [-0.39, 0.29) is 37.6 Å². The first-order valence-corrected chi connectivity index (χ1v) is 7.36. The molecule has 0 amide bonds. The number of hydrogen-bond acceptors (Lipinski definition) is 8. The largest absolute Gasteiger partial charge is 0.382 e. The molecule has 1 atom stereocenters. The van der Waals surface area contributed by atoms with Gasteiger partial charge in [-0.15, -0.1) is 0 Å². The zero-order chi connectivity index (χ0) is 16.8. The predicted octanol–water partition coefficient (Wildman–Crippen LogP) is 0.636. The average molecular weight is 326 g/mol. The number of amidine groups is 1. The lowest BCUT2D eigenvalue weighted by Crippen LogP contribution is -2.57. The molecule has 8 nitrogen and oxygen atoms in total. The van der Waals surface area contributed by atoms with Gasteiger partial charge in [0, 0.05) is 33.0 Å². The summed E-state index contributed by atoms with van der Waals surface area (Å²) in [5.41, 5.74) is 12.9. The normalized spacial score (nSPS) is 26.9. The van der Waals surface area contributed by atoms with Crippen molar-refractivity contribution >= 4 is 23.3 Å². The summed E-state index contributed by atoms with van der Waals surface area (Å²) in [6.07, 6.45) is -0.422. The van der Waals surface area contributed by atoms with Crippen LogP contribution in [0.2, 0.25) is 0 Å². The SMILES string of the molecule is CNc1nc(N)c2c(n1)C(N)=NC(C)(N1CCC(F)(F)CC1)N2. The number of hydrogen-bond donors (Lipinski definition) is 4. The van der Waals surface area contributed by atoms with Crippen molar-refractivity contribution in [2.45, 2.75) is 31.5 Å². The van der Waals surface area contributed by atoms with Gasteiger partial charge in [0.05, 0.1) is 0 Å². The van der Waals surface area contributed by atoms with Crippen LogP contribution < -0.4 is 22.1 Å². The van der Waals surface area contributed by atoms with Gasteiger partial charge in [0.1, 0.15) is 11.4 Å². The first-order valence-electron chi connectivity index (χ1n) is 7.36. The molecule has 2 aliphatic heterocycles. The maximum atomic E-state index is 13.4. The summed E-state index contributed by atoms with van der Waals surface area (Å²) in [6.45, 7) is 2.19. The van der Waals surface area contributed by atoms with Crippen LogP contribution in [0.4, 0.5) is 26.2 Å². The third kappa shape index (κ3) is 2.74. The molecule has 1 saturated heterocycles. The molecule has 0 aliphatic carbocycles. The minimum atomic E-state index is -2.63. The van der Waals surface area contributed by atoms with Crippen molar-refractivity contribution in [3.05, 3.63) is 5.69 Å². The molecule has 6 N–H and O–H groups in total. The molecule has 1 unspecified atom stereocenters. The zero-order valence-corrected chi connectivity index (χ0v) is 13.0. The van der Waals surface area contributed by atoms with Crippen molar-refractivity contribution < 1.29 is 8.78 Å². The van der Waals surface area contributed by atoms with Crippen LogP contribution >= 0.6 is 0 Å². The number of fused-ring (bicyclic) bond motifs is 1. The molecular formula is C13H20F2N8. The van der Waals surface area contributed by atoms with Gasteiger partial charge in [0.2, 0.25) is 5.95 Å². The summed E-state index contributed by atoms with van der Waals surface area (Å²) in [5.74, 6) is -2.82. The molecule has 23 heavy (non-hydrogen) atoms. The molecule has 0 bridgehead atoms. The van der Waals surface area contributed by atoms with Gasteiger partial charge >= 0.3 is 0 Å². The van der Waals surface area contributed by atoms with Crippen LogP contribution in [0.1, 0.15) is 25.5 Å². The van der Waals surface area contributed by atoms with Crippen molar-refractivity contribution in [3.8, 4) is 0 Å². The van der Waals surface area contributed by atoms with Gasteiger partial charge in [-0.2, -0.15) is 4.98 Å². The topological polar surface area (TPSA) is 117 Å². The highest BCUT2D eigenvalue weighted by Gasteiger charge is 2.43. The van der Waals surface area contributed by atoms with E-state index >= 15 is 0 Å². The maximum absolute atomic E-state index is 13.4. The summed E-state index contributed by atoms with van der Waals surface area (Å²) in [7, 11) is 1.67. The minimum absolute atomic E-state index is 0.198. The standard InChI is InChI=1S/C13H20F2N8/c1-12(23-5-3-13(14,15)4-6-23)21-8-7(10(17)22-12)19-11(18-2)20-9(8)16/h21H,3-6H2,1-2H3,(H2,17,22)(H3,16,18,19,20). The van der Waals surface area contributed by atoms with Gasteiger partial charge in [0.25, 0.3) is 5.92 Å². The Morgan fingerprint density at radius 2 is 1.87 bits per heavy atom. The number of likely N-dealkylation sites (tertiary alicyclic amines) is 1. The third-order valence-electron chi connectivity index (χ3n) is 4.21. The molecule has 3 heterocycles. The zero-order valence-electron chi connectivity index (χ0n) is 13.0. The summed E-state index contributed by atoms with van der Waals surface area (Å²) in [4.78, 5) is 14.6. The second-order valence-electron chi connectivity index (χ2n) is 5.89. The molecule has 0 saturated carbocycles. The highest BCUT2D eigenvalue weighted by atomic mass is 19.3. The Kier molecular flexibility index (Phi) is 3.51. The molecule has 0 radical (unpaired) electrons. The number of aliphatic imine (C=N–C) groups is 1. The number of alkyl halides is 2. The van der Waals surface area contributed by atoms with Crippen LogP contribution in [0.25, 0.3) is 0 Å². The lowest BCUT2D eigenvalue weighted by molar-refractivity contribution is -0.0714. The van der Waals surface area contributed by atoms with Gasteiger partial charge in [0.15, 0.2) is 17.4 Å². The number of piperidine rings is 1. The Labute approximate surface area is 132 Å². The van der Waals surface area contributed by atoms with E-state index < -0.39 is 11.7 Å². The number of nitrogens with two attached hydrogens (primary N) is 2. The van der Waals surface area contributed by atoms with E-state index in [2.05, 4.69) is 25.6 Å². The summed E-state index contributed by atoms with van der Waals surface area (Å²) in [5, 5.41) is 5.95. The van der Waals surface area contributed by atoms with Crippen molar-refractivity contribution in [2.24, 2.45) is 10.7 Å². The molecule has 10 heteroatoms. The number of anilines is 3. The highest BCUT2D eigenvalue weighted by Crippen LogP contribution is 2.36. The molecule has 0 spiro atoms. The first kappa shape index (κ1) is 15.7. The number of halogens is 2. The second-order valence-corrected chi connectivity index (χ2v) is 5.89. The lowest BCUT2D eigenvalue weighted by Gasteiger charge is -2.44. The number of nitrogen functional groups attached to an aromatic ring is 1. The smallest absolute Gasteiger partial charge is 0.250 e. The Morgan fingerprint density at radius 1 is 1.22 bits per heavy atom. The molecule has 0 aromatic carbocycles. The summed E-state index contributed by atoms with van der Waals surface area (Å²) >= 11 is 0. The van der Waals surface area contributed by atoms with Crippen molar-refractivity contribution in [1.82, 2.24) is 14.9 Å². The van der Waals surface area contributed by atoms with Gasteiger partial charge < -0.3 is 22.1 Å². The predicted molar refractivity (Wildman–Crippen MR) is 84.5 cm³/mol. The van der Waals surface area contributed by atoms with E-state index in [1.54, 1.807) is 14.0 Å². The molecule has 1 aromatic rings. The van der Waals surface area contributed by atoms with Crippen LogP contribution in [0.3, 0.4) is 0 Å². The maximum Gasteiger partial charge on any atom is 0.250 e. The fourth-order valence-electron chi connectivity index (χ4n) is 2.87. The van der Waals surface area contributed by atoms with Gasteiger partial charge in [-0.1, -0.05) is 0 Å². The summed E-state index contributed by atoms with van der Waals surface area (Å²) < 4.78 is 26.8. The van der Waals surface area contributed by atoms with Gasteiger partial charge in [-0.05, 0) is 6.92 Å². The van der Waals surface area contributed by atoms with Crippen molar-refractivity contribution in [3.63, 3.8) is 0 Å². The van der Waals surface area contributed by atoms with E-state index in [9.17, 15) is 8.78 Å². The first-order chi connectivity index (χ1) is 10.7. The quantitative estimate of drug-likeness (QED) is 0.630. The Balaban J connectivity index is 1.93. The van der Waals surface area contributed by atoms with Crippen LogP contribution in [0.15, 0.2) is 4.99 Å². The van der Waals surface area contributed by atoms with E-state index in [0.29, 0.717) is 17.3 Å². The van der Waals surface area contributed by atoms with Crippen molar-refractivity contribution in [2.75, 3.05) is 36.5 Å². The Morgan fingerprint density at radius 3 is 2.48 bits per heavy atom. The number of aromatic nitrogens is 2. The highest BCUT2D eigenvalue weighted by molar-refractivity contribution is 6.04. The van der Waals surface area contributed by atoms with Crippen molar-refractivity contribution in [1.29, 1.82) is 0 Å². The molecular weight excluding hydrogens is 306 g/mol. The van der Waals surface area contributed by atoms with E-state index in [4.69, 9.17) is 11.5 Å². The Bertz CT molecular complexity index is 652. The van der Waals surface area contributed by atoms with E-state index in [0.717, 1.165) is 0 Å². The number of rotatable bonds is 2. The monoisotopic (exact) mass is 326 g/mol. The summed E-state index contributed by atoms with van der Waals surface area (Å²) in [6, 6.07) is 0. The van der Waals surface area contributed by atoms with E-state index in [1.807, 2.05) is 4.90 Å². The number of nitrogens with zero attached hydrogens (tertiary/aromatic N) is 4. The van der Waals surface area contributed by atoms with E-state index in [1.165, 1.54) is 0 Å². The van der Waals surface area contributed by atoms with Crippen LogP contribution in [-0.4, -0.2) is 52.5 Å². The molecule has 1 aromatic heterocycles. The molecule has 1 fully saturated rings.